The third-order valence-electron chi connectivity index (χ3n) is 5.77. The lowest BCUT2D eigenvalue weighted by molar-refractivity contribution is -0.141. The molecule has 0 aliphatic rings. The highest BCUT2D eigenvalue weighted by molar-refractivity contribution is 7.99. The maximum absolute atomic E-state index is 13.6. The standard InChI is InChI=1S/C30H35ClN2O2S/c1-23(2)21-32-30(35)28(20-24-10-5-3-6-11-24)33(22-25-12-7-4-8-13-25)29(34)14-9-19-36-27-17-15-26(31)16-18-27/h3-8,10-13,15-18,23,28H,9,14,19-22H2,1-2H3,(H,32,35). The molecule has 1 unspecified atom stereocenters. The number of carbonyl (C=O) groups excluding carboxylic acids is 2. The van der Waals surface area contributed by atoms with Crippen LogP contribution in [-0.2, 0) is 22.6 Å². The van der Waals surface area contributed by atoms with E-state index in [-0.39, 0.29) is 11.8 Å². The Morgan fingerprint density at radius 3 is 2.11 bits per heavy atom. The van der Waals surface area contributed by atoms with Crippen LogP contribution in [0, 0.1) is 5.92 Å². The number of nitrogens with zero attached hydrogens (tertiary/aromatic N) is 1. The van der Waals surface area contributed by atoms with Crippen LogP contribution in [0.3, 0.4) is 0 Å². The van der Waals surface area contributed by atoms with Gasteiger partial charge in [0.2, 0.25) is 11.8 Å². The molecule has 0 saturated carbocycles. The lowest BCUT2D eigenvalue weighted by atomic mass is 10.0. The van der Waals surface area contributed by atoms with Crippen LogP contribution in [0.25, 0.3) is 0 Å². The zero-order valence-corrected chi connectivity index (χ0v) is 22.6. The summed E-state index contributed by atoms with van der Waals surface area (Å²) in [4.78, 5) is 29.9. The van der Waals surface area contributed by atoms with Gasteiger partial charge in [-0.1, -0.05) is 86.1 Å². The number of benzene rings is 3. The van der Waals surface area contributed by atoms with Crippen molar-refractivity contribution in [1.29, 1.82) is 0 Å². The maximum Gasteiger partial charge on any atom is 0.243 e. The highest BCUT2D eigenvalue weighted by Crippen LogP contribution is 2.22. The van der Waals surface area contributed by atoms with E-state index in [2.05, 4.69) is 19.2 Å². The van der Waals surface area contributed by atoms with Gasteiger partial charge in [-0.3, -0.25) is 9.59 Å². The number of halogens is 1. The molecule has 3 rings (SSSR count). The van der Waals surface area contributed by atoms with Crippen molar-refractivity contribution < 1.29 is 9.59 Å². The molecule has 190 valence electrons. The van der Waals surface area contributed by atoms with Crippen molar-refractivity contribution in [2.75, 3.05) is 12.3 Å². The molecule has 3 aromatic carbocycles. The number of hydrogen-bond acceptors (Lipinski definition) is 3. The zero-order valence-electron chi connectivity index (χ0n) is 21.0. The Morgan fingerprint density at radius 1 is 0.889 bits per heavy atom. The van der Waals surface area contributed by atoms with Gasteiger partial charge in [0.1, 0.15) is 6.04 Å². The summed E-state index contributed by atoms with van der Waals surface area (Å²) in [5.74, 6) is 1.04. The van der Waals surface area contributed by atoms with Gasteiger partial charge in [0.05, 0.1) is 0 Å². The van der Waals surface area contributed by atoms with Gasteiger partial charge in [0.25, 0.3) is 0 Å². The first kappa shape index (κ1) is 27.8. The first-order valence-electron chi connectivity index (χ1n) is 12.5. The van der Waals surface area contributed by atoms with Gasteiger partial charge in [-0.05, 0) is 53.5 Å². The summed E-state index contributed by atoms with van der Waals surface area (Å²) in [5, 5.41) is 3.78. The van der Waals surface area contributed by atoms with E-state index in [4.69, 9.17) is 11.6 Å². The van der Waals surface area contributed by atoms with Crippen LogP contribution >= 0.6 is 23.4 Å². The molecule has 3 aromatic rings. The molecule has 4 nitrogen and oxygen atoms in total. The molecule has 0 radical (unpaired) electrons. The summed E-state index contributed by atoms with van der Waals surface area (Å²) in [6.45, 7) is 5.11. The quantitative estimate of drug-likeness (QED) is 0.202. The number of carbonyl (C=O) groups is 2. The van der Waals surface area contributed by atoms with Gasteiger partial charge in [0.15, 0.2) is 0 Å². The molecule has 0 aromatic heterocycles. The van der Waals surface area contributed by atoms with E-state index in [0.29, 0.717) is 36.9 Å². The molecule has 0 aliphatic heterocycles. The molecule has 0 aliphatic carbocycles. The van der Waals surface area contributed by atoms with Gasteiger partial charge < -0.3 is 10.2 Å². The van der Waals surface area contributed by atoms with Crippen molar-refractivity contribution in [3.05, 3.63) is 101 Å². The predicted octanol–water partition coefficient (Wildman–Crippen LogP) is 6.62. The maximum atomic E-state index is 13.6. The van der Waals surface area contributed by atoms with E-state index in [0.717, 1.165) is 28.2 Å². The molecule has 2 amide bonds. The first-order valence-corrected chi connectivity index (χ1v) is 13.8. The van der Waals surface area contributed by atoms with Crippen LogP contribution < -0.4 is 5.32 Å². The summed E-state index contributed by atoms with van der Waals surface area (Å²) in [6.07, 6.45) is 1.59. The Kier molecular flexibility index (Phi) is 11.4. The van der Waals surface area contributed by atoms with Crippen LogP contribution in [-0.4, -0.2) is 35.1 Å². The third-order valence-corrected chi connectivity index (χ3v) is 7.12. The molecule has 0 fully saturated rings. The molecule has 36 heavy (non-hydrogen) atoms. The number of rotatable bonds is 13. The van der Waals surface area contributed by atoms with Gasteiger partial charge in [0, 0.05) is 35.8 Å². The van der Waals surface area contributed by atoms with E-state index in [1.54, 1.807) is 16.7 Å². The van der Waals surface area contributed by atoms with Crippen molar-refractivity contribution in [1.82, 2.24) is 10.2 Å². The Balaban J connectivity index is 1.75. The molecule has 6 heteroatoms. The SMILES string of the molecule is CC(C)CNC(=O)C(Cc1ccccc1)N(Cc1ccccc1)C(=O)CCCSc1ccc(Cl)cc1. The second kappa shape index (κ2) is 14.7. The van der Waals surface area contributed by atoms with E-state index in [1.165, 1.54) is 0 Å². The number of hydrogen-bond donors (Lipinski definition) is 1. The van der Waals surface area contributed by atoms with E-state index in [9.17, 15) is 9.59 Å². The molecule has 0 saturated heterocycles. The van der Waals surface area contributed by atoms with Crippen LogP contribution in [0.15, 0.2) is 89.8 Å². The highest BCUT2D eigenvalue weighted by Gasteiger charge is 2.30. The Bertz CT molecular complexity index is 1080. The van der Waals surface area contributed by atoms with Crippen molar-refractivity contribution >= 4 is 35.2 Å². The lowest BCUT2D eigenvalue weighted by Crippen LogP contribution is -2.51. The second-order valence-electron chi connectivity index (χ2n) is 9.26. The second-order valence-corrected chi connectivity index (χ2v) is 10.9. The van der Waals surface area contributed by atoms with Crippen molar-refractivity contribution in [2.45, 2.75) is 50.6 Å². The monoisotopic (exact) mass is 522 g/mol. The predicted molar refractivity (Wildman–Crippen MR) is 150 cm³/mol. The van der Waals surface area contributed by atoms with E-state index < -0.39 is 6.04 Å². The molecule has 1 atom stereocenters. The summed E-state index contributed by atoms with van der Waals surface area (Å²) < 4.78 is 0. The molecule has 0 spiro atoms. The fourth-order valence-electron chi connectivity index (χ4n) is 3.84. The fourth-order valence-corrected chi connectivity index (χ4v) is 4.82. The molecule has 0 heterocycles. The largest absolute Gasteiger partial charge is 0.354 e. The van der Waals surface area contributed by atoms with Gasteiger partial charge in [-0.2, -0.15) is 0 Å². The summed E-state index contributed by atoms with van der Waals surface area (Å²) in [6, 6.07) is 27.0. The number of nitrogens with one attached hydrogen (secondary N) is 1. The molecule has 1 N–H and O–H groups in total. The summed E-state index contributed by atoms with van der Waals surface area (Å²) in [7, 11) is 0. The minimum absolute atomic E-state index is 0.00353. The van der Waals surface area contributed by atoms with E-state index in [1.807, 2.05) is 84.9 Å². The van der Waals surface area contributed by atoms with Crippen LogP contribution in [0.5, 0.6) is 0 Å². The molecular formula is C30H35ClN2O2S. The van der Waals surface area contributed by atoms with Crippen LogP contribution in [0.1, 0.15) is 37.8 Å². The van der Waals surface area contributed by atoms with Gasteiger partial charge in [-0.25, -0.2) is 0 Å². The lowest BCUT2D eigenvalue weighted by Gasteiger charge is -2.32. The average molecular weight is 523 g/mol. The van der Waals surface area contributed by atoms with Crippen LogP contribution in [0.4, 0.5) is 0 Å². The highest BCUT2D eigenvalue weighted by atomic mass is 35.5. The molecular weight excluding hydrogens is 488 g/mol. The third kappa shape index (κ3) is 9.36. The van der Waals surface area contributed by atoms with Gasteiger partial charge in [-0.15, -0.1) is 11.8 Å². The first-order chi connectivity index (χ1) is 17.4. The minimum atomic E-state index is -0.581. The number of thioether (sulfide) groups is 1. The minimum Gasteiger partial charge on any atom is -0.354 e. The Hall–Kier alpha value is -2.76. The summed E-state index contributed by atoms with van der Waals surface area (Å²) in [5.41, 5.74) is 2.04. The fraction of sp³-hybridized carbons (Fsp3) is 0.333. The topological polar surface area (TPSA) is 49.4 Å². The van der Waals surface area contributed by atoms with Crippen molar-refractivity contribution in [2.24, 2.45) is 5.92 Å². The smallest absolute Gasteiger partial charge is 0.243 e. The zero-order chi connectivity index (χ0) is 25.8. The Morgan fingerprint density at radius 2 is 1.50 bits per heavy atom. The average Bonchev–Trinajstić information content (AvgIpc) is 2.89. The number of amides is 2. The Labute approximate surface area is 224 Å². The normalized spacial score (nSPS) is 11.8. The van der Waals surface area contributed by atoms with Gasteiger partial charge >= 0.3 is 0 Å². The molecule has 0 bridgehead atoms. The van der Waals surface area contributed by atoms with Crippen molar-refractivity contribution in [3.63, 3.8) is 0 Å². The summed E-state index contributed by atoms with van der Waals surface area (Å²) >= 11 is 7.68. The van der Waals surface area contributed by atoms with Crippen LogP contribution in [0.2, 0.25) is 5.02 Å². The van der Waals surface area contributed by atoms with Crippen molar-refractivity contribution in [3.8, 4) is 0 Å². The van der Waals surface area contributed by atoms with E-state index >= 15 is 0 Å².